The van der Waals surface area contributed by atoms with Crippen molar-refractivity contribution in [1.82, 2.24) is 29.7 Å². The lowest BCUT2D eigenvalue weighted by Gasteiger charge is -2.10. The van der Waals surface area contributed by atoms with Gasteiger partial charge in [-0.3, -0.25) is 9.48 Å². The van der Waals surface area contributed by atoms with E-state index in [2.05, 4.69) is 15.4 Å². The van der Waals surface area contributed by atoms with Gasteiger partial charge in [-0.2, -0.15) is 5.10 Å². The van der Waals surface area contributed by atoms with Crippen LogP contribution >= 0.6 is 0 Å². The van der Waals surface area contributed by atoms with Crippen LogP contribution in [0.3, 0.4) is 0 Å². The normalized spacial score (nSPS) is 10.6. The average molecular weight is 292 g/mol. The lowest BCUT2D eigenvalue weighted by molar-refractivity contribution is -0.128. The lowest BCUT2D eigenvalue weighted by Crippen LogP contribution is -2.23. The highest BCUT2D eigenvalue weighted by atomic mass is 16.4. The summed E-state index contributed by atoms with van der Waals surface area (Å²) in [6, 6.07) is 0. The summed E-state index contributed by atoms with van der Waals surface area (Å²) in [4.78, 5) is 24.4. The molecule has 0 bridgehead atoms. The molecule has 9 heteroatoms. The summed E-state index contributed by atoms with van der Waals surface area (Å²) in [5, 5.41) is 20.7. The van der Waals surface area contributed by atoms with Crippen molar-refractivity contribution < 1.29 is 14.7 Å². The molecule has 0 aliphatic rings. The number of carbonyl (C=O) groups excluding carboxylic acids is 1. The van der Waals surface area contributed by atoms with Crippen LogP contribution in [0, 0.1) is 0 Å². The molecule has 0 aromatic carbocycles. The Balaban J connectivity index is 2.34. The highest BCUT2D eigenvalue weighted by Crippen LogP contribution is 2.22. The smallest absolute Gasteiger partial charge is 0.358 e. The number of aromatic carboxylic acids is 1. The first-order valence-electron chi connectivity index (χ1n) is 6.26. The van der Waals surface area contributed by atoms with E-state index in [1.54, 1.807) is 32.0 Å². The van der Waals surface area contributed by atoms with Gasteiger partial charge in [0.25, 0.3) is 0 Å². The Morgan fingerprint density at radius 2 is 2.10 bits per heavy atom. The molecule has 0 spiro atoms. The summed E-state index contributed by atoms with van der Waals surface area (Å²) < 4.78 is 2.98. The molecule has 112 valence electrons. The minimum atomic E-state index is -1.17. The Morgan fingerprint density at radius 1 is 1.38 bits per heavy atom. The fourth-order valence-corrected chi connectivity index (χ4v) is 1.87. The van der Waals surface area contributed by atoms with E-state index in [1.807, 2.05) is 0 Å². The summed E-state index contributed by atoms with van der Waals surface area (Å²) in [7, 11) is 5.05. The zero-order valence-electron chi connectivity index (χ0n) is 12.0. The van der Waals surface area contributed by atoms with Crippen LogP contribution in [0.1, 0.15) is 16.9 Å². The number of carboxylic acid groups (broad SMARTS) is 1. The third-order valence-electron chi connectivity index (χ3n) is 2.95. The maximum atomic E-state index is 11.6. The van der Waals surface area contributed by atoms with Crippen molar-refractivity contribution in [2.75, 3.05) is 14.1 Å². The van der Waals surface area contributed by atoms with Crippen LogP contribution in [-0.2, 0) is 18.4 Å². The topological polar surface area (TPSA) is 106 Å². The van der Waals surface area contributed by atoms with Crippen LogP contribution in [0.15, 0.2) is 12.4 Å². The van der Waals surface area contributed by atoms with E-state index in [4.69, 9.17) is 0 Å². The number of carbonyl (C=O) groups is 2. The summed E-state index contributed by atoms with van der Waals surface area (Å²) >= 11 is 0. The van der Waals surface area contributed by atoms with E-state index in [0.29, 0.717) is 11.3 Å². The monoisotopic (exact) mass is 292 g/mol. The minimum Gasteiger partial charge on any atom is -0.476 e. The van der Waals surface area contributed by atoms with E-state index in [1.165, 1.54) is 15.8 Å². The van der Waals surface area contributed by atoms with E-state index in [9.17, 15) is 14.7 Å². The van der Waals surface area contributed by atoms with Crippen LogP contribution in [0.4, 0.5) is 0 Å². The maximum Gasteiger partial charge on any atom is 0.358 e. The number of hydrogen-bond donors (Lipinski definition) is 1. The Labute approximate surface area is 120 Å². The Hall–Kier alpha value is -2.71. The first-order valence-corrected chi connectivity index (χ1v) is 6.26. The molecule has 2 aromatic rings. The van der Waals surface area contributed by atoms with Crippen molar-refractivity contribution >= 4 is 11.9 Å². The van der Waals surface area contributed by atoms with E-state index < -0.39 is 5.97 Å². The molecule has 9 nitrogen and oxygen atoms in total. The molecule has 0 saturated heterocycles. The summed E-state index contributed by atoms with van der Waals surface area (Å²) in [6.45, 7) is 0.252. The molecule has 0 unspecified atom stereocenters. The van der Waals surface area contributed by atoms with Gasteiger partial charge in [-0.15, -0.1) is 5.10 Å². The number of nitrogens with zero attached hydrogens (tertiary/aromatic N) is 6. The second kappa shape index (κ2) is 5.73. The van der Waals surface area contributed by atoms with Gasteiger partial charge in [0.15, 0.2) is 5.69 Å². The van der Waals surface area contributed by atoms with Crippen molar-refractivity contribution in [1.29, 1.82) is 0 Å². The van der Waals surface area contributed by atoms with Gasteiger partial charge in [0.2, 0.25) is 5.91 Å². The molecule has 0 aliphatic carbocycles. The largest absolute Gasteiger partial charge is 0.476 e. The number of aromatic nitrogens is 5. The van der Waals surface area contributed by atoms with Crippen LogP contribution in [0.25, 0.3) is 11.3 Å². The van der Waals surface area contributed by atoms with Crippen LogP contribution in [0.2, 0.25) is 0 Å². The molecule has 0 fully saturated rings. The summed E-state index contributed by atoms with van der Waals surface area (Å²) in [5.41, 5.74) is 0.791. The zero-order chi connectivity index (χ0) is 15.6. The Morgan fingerprint density at radius 3 is 2.62 bits per heavy atom. The molecule has 0 atom stereocenters. The van der Waals surface area contributed by atoms with Crippen LogP contribution in [0.5, 0.6) is 0 Å². The predicted molar refractivity (Wildman–Crippen MR) is 72.5 cm³/mol. The highest BCUT2D eigenvalue weighted by molar-refractivity contribution is 5.92. The van der Waals surface area contributed by atoms with Gasteiger partial charge >= 0.3 is 5.97 Å². The number of rotatable bonds is 5. The fraction of sp³-hybridized carbons (Fsp3) is 0.417. The summed E-state index contributed by atoms with van der Waals surface area (Å²) in [6.07, 6.45) is 3.42. The Kier molecular flexibility index (Phi) is 4.01. The second-order valence-electron chi connectivity index (χ2n) is 4.76. The summed E-state index contributed by atoms with van der Waals surface area (Å²) in [5.74, 6) is -1.24. The molecule has 2 rings (SSSR count). The molecule has 2 aromatic heterocycles. The van der Waals surface area contributed by atoms with Crippen molar-refractivity contribution in [3.63, 3.8) is 0 Å². The van der Waals surface area contributed by atoms with Gasteiger partial charge in [0.05, 0.1) is 12.7 Å². The van der Waals surface area contributed by atoms with Crippen LogP contribution < -0.4 is 0 Å². The van der Waals surface area contributed by atoms with E-state index in [-0.39, 0.29) is 24.6 Å². The van der Waals surface area contributed by atoms with Gasteiger partial charge < -0.3 is 10.0 Å². The van der Waals surface area contributed by atoms with E-state index in [0.717, 1.165) is 0 Å². The van der Waals surface area contributed by atoms with Gasteiger partial charge in [0.1, 0.15) is 5.69 Å². The van der Waals surface area contributed by atoms with Gasteiger partial charge in [-0.1, -0.05) is 5.21 Å². The third-order valence-corrected chi connectivity index (χ3v) is 2.95. The molecule has 1 N–H and O–H groups in total. The molecule has 21 heavy (non-hydrogen) atoms. The highest BCUT2D eigenvalue weighted by Gasteiger charge is 2.22. The van der Waals surface area contributed by atoms with Crippen molar-refractivity contribution in [3.8, 4) is 11.3 Å². The predicted octanol–water partition coefficient (Wildman–Crippen LogP) is -0.145. The van der Waals surface area contributed by atoms with Gasteiger partial charge in [0, 0.05) is 39.3 Å². The first-order chi connectivity index (χ1) is 9.90. The van der Waals surface area contributed by atoms with Gasteiger partial charge in [-0.05, 0) is 0 Å². The van der Waals surface area contributed by atoms with E-state index >= 15 is 0 Å². The minimum absolute atomic E-state index is 0.0699. The second-order valence-corrected chi connectivity index (χ2v) is 4.76. The van der Waals surface area contributed by atoms with Gasteiger partial charge in [-0.25, -0.2) is 9.48 Å². The quantitative estimate of drug-likeness (QED) is 0.821. The van der Waals surface area contributed by atoms with Crippen molar-refractivity contribution in [3.05, 3.63) is 18.1 Å². The maximum absolute atomic E-state index is 11.6. The lowest BCUT2D eigenvalue weighted by atomic mass is 10.2. The SMILES string of the molecule is CN(C)C(=O)CCn1nnc(C(=O)O)c1-c1cnn(C)c1. The fourth-order valence-electron chi connectivity index (χ4n) is 1.87. The molecule has 2 heterocycles. The Bertz CT molecular complexity index is 672. The number of aryl methyl sites for hydroxylation is 2. The standard InChI is InChI=1S/C12H16N6O3/c1-16(2)9(19)4-5-18-11(8-6-13-17(3)7-8)10(12(20)21)14-15-18/h6-7H,4-5H2,1-3H3,(H,20,21). The number of hydrogen-bond acceptors (Lipinski definition) is 5. The number of carboxylic acids is 1. The third kappa shape index (κ3) is 3.07. The average Bonchev–Trinajstić information content (AvgIpc) is 3.01. The van der Waals surface area contributed by atoms with Crippen molar-refractivity contribution in [2.24, 2.45) is 7.05 Å². The van der Waals surface area contributed by atoms with Crippen molar-refractivity contribution in [2.45, 2.75) is 13.0 Å². The van der Waals surface area contributed by atoms with Crippen LogP contribution in [-0.4, -0.2) is 60.8 Å². The molecule has 0 aliphatic heterocycles. The molecular formula is C12H16N6O3. The zero-order valence-corrected chi connectivity index (χ0v) is 12.0. The molecule has 0 radical (unpaired) electrons. The molecule has 1 amide bonds. The molecule has 0 saturated carbocycles. The number of amides is 1. The molecular weight excluding hydrogens is 276 g/mol. The first kappa shape index (κ1) is 14.7.